The van der Waals surface area contributed by atoms with Crippen molar-refractivity contribution < 1.29 is 9.31 Å². The maximum Gasteiger partial charge on any atom is 0.469 e. The summed E-state index contributed by atoms with van der Waals surface area (Å²) in [6.45, 7) is 15.3. The average molecular weight is 338 g/mol. The second kappa shape index (κ2) is 5.85. The standard InChI is InChI=1S/C22H31BO2/c1-19(2,3)22(23-24-20(4,5)21(6,7)25-23)15-13-18(14-16-22)17-11-9-8-10-12-17/h8-15H,16H2,1-7H3. The zero-order valence-corrected chi connectivity index (χ0v) is 16.7. The molecule has 1 aliphatic heterocycles. The van der Waals surface area contributed by atoms with Crippen LogP contribution in [0.25, 0.3) is 5.57 Å². The van der Waals surface area contributed by atoms with Gasteiger partial charge in [-0.1, -0.05) is 69.3 Å². The average Bonchev–Trinajstić information content (AvgIpc) is 2.75. The number of hydrogen-bond donors (Lipinski definition) is 0. The van der Waals surface area contributed by atoms with Gasteiger partial charge >= 0.3 is 7.12 Å². The highest BCUT2D eigenvalue weighted by Gasteiger charge is 2.62. The Morgan fingerprint density at radius 3 is 1.92 bits per heavy atom. The van der Waals surface area contributed by atoms with Crippen LogP contribution in [0, 0.1) is 5.41 Å². The summed E-state index contributed by atoms with van der Waals surface area (Å²) in [5, 5.41) is -0.184. The molecule has 1 atom stereocenters. The van der Waals surface area contributed by atoms with E-state index in [1.54, 1.807) is 0 Å². The van der Waals surface area contributed by atoms with Crippen LogP contribution < -0.4 is 0 Å². The molecule has 1 aromatic rings. The molecule has 0 saturated carbocycles. The predicted molar refractivity (Wildman–Crippen MR) is 106 cm³/mol. The van der Waals surface area contributed by atoms with E-state index < -0.39 is 0 Å². The van der Waals surface area contributed by atoms with Crippen molar-refractivity contribution in [3.8, 4) is 0 Å². The topological polar surface area (TPSA) is 18.5 Å². The molecule has 1 fully saturated rings. The van der Waals surface area contributed by atoms with Gasteiger partial charge in [-0.25, -0.2) is 0 Å². The molecule has 1 aliphatic carbocycles. The van der Waals surface area contributed by atoms with E-state index in [1.165, 1.54) is 11.1 Å². The first kappa shape index (κ1) is 18.5. The van der Waals surface area contributed by atoms with E-state index in [9.17, 15) is 0 Å². The highest BCUT2D eigenvalue weighted by Crippen LogP contribution is 2.59. The fourth-order valence-corrected chi connectivity index (χ4v) is 3.64. The van der Waals surface area contributed by atoms with Crippen LogP contribution in [0.1, 0.15) is 60.5 Å². The maximum atomic E-state index is 6.47. The van der Waals surface area contributed by atoms with E-state index in [-0.39, 0.29) is 29.0 Å². The van der Waals surface area contributed by atoms with Crippen LogP contribution in [0.4, 0.5) is 0 Å². The number of rotatable bonds is 2. The summed E-state index contributed by atoms with van der Waals surface area (Å²) >= 11 is 0. The van der Waals surface area contributed by atoms with Gasteiger partial charge in [0.05, 0.1) is 11.2 Å². The maximum absolute atomic E-state index is 6.47. The summed E-state index contributed by atoms with van der Waals surface area (Å²) in [7, 11) is -0.248. The third kappa shape index (κ3) is 3.02. The Bertz CT molecular complexity index is 678. The molecule has 1 unspecified atom stereocenters. The molecule has 2 aliphatic rings. The molecule has 134 valence electrons. The van der Waals surface area contributed by atoms with Gasteiger partial charge in [0.2, 0.25) is 0 Å². The number of hydrogen-bond acceptors (Lipinski definition) is 2. The van der Waals surface area contributed by atoms with Gasteiger partial charge in [0.25, 0.3) is 0 Å². The molecule has 0 amide bonds. The van der Waals surface area contributed by atoms with Crippen LogP contribution in [0.5, 0.6) is 0 Å². The van der Waals surface area contributed by atoms with E-state index >= 15 is 0 Å². The molecular formula is C22H31BO2. The Labute approximate surface area is 153 Å². The lowest BCUT2D eigenvalue weighted by atomic mass is 9.44. The zero-order chi connectivity index (χ0) is 18.5. The Hall–Kier alpha value is -1.32. The van der Waals surface area contributed by atoms with Crippen molar-refractivity contribution in [2.24, 2.45) is 5.41 Å². The van der Waals surface area contributed by atoms with E-state index in [4.69, 9.17) is 9.31 Å². The second-order valence-electron chi connectivity index (χ2n) is 9.44. The first-order valence-corrected chi connectivity index (χ1v) is 9.29. The summed E-state index contributed by atoms with van der Waals surface area (Å²) in [6.07, 6.45) is 7.83. The largest absolute Gasteiger partial charge is 0.469 e. The predicted octanol–water partition coefficient (Wildman–Crippen LogP) is 5.91. The molecule has 1 aromatic carbocycles. The van der Waals surface area contributed by atoms with Crippen molar-refractivity contribution in [3.05, 3.63) is 54.1 Å². The summed E-state index contributed by atoms with van der Waals surface area (Å²) < 4.78 is 12.9. The fourth-order valence-electron chi connectivity index (χ4n) is 3.64. The molecule has 0 spiro atoms. The van der Waals surface area contributed by atoms with Gasteiger partial charge in [0.1, 0.15) is 0 Å². The monoisotopic (exact) mass is 338 g/mol. The molecule has 3 rings (SSSR count). The van der Waals surface area contributed by atoms with Crippen LogP contribution in [0.2, 0.25) is 5.31 Å². The summed E-state index contributed by atoms with van der Waals surface area (Å²) in [4.78, 5) is 0. The van der Waals surface area contributed by atoms with Crippen molar-refractivity contribution in [2.45, 2.75) is 71.4 Å². The Morgan fingerprint density at radius 2 is 1.48 bits per heavy atom. The van der Waals surface area contributed by atoms with Crippen LogP contribution in [0.15, 0.2) is 48.6 Å². The molecule has 2 nitrogen and oxygen atoms in total. The Kier molecular flexibility index (Phi) is 4.33. The minimum Gasteiger partial charge on any atom is -0.403 e. The van der Waals surface area contributed by atoms with Gasteiger partial charge in [-0.15, -0.1) is 0 Å². The van der Waals surface area contributed by atoms with Crippen molar-refractivity contribution in [2.75, 3.05) is 0 Å². The first-order chi connectivity index (χ1) is 11.5. The van der Waals surface area contributed by atoms with Crippen LogP contribution in [0.3, 0.4) is 0 Å². The quantitative estimate of drug-likeness (QED) is 0.624. The first-order valence-electron chi connectivity index (χ1n) is 9.29. The molecule has 25 heavy (non-hydrogen) atoms. The molecule has 0 aromatic heterocycles. The van der Waals surface area contributed by atoms with Crippen molar-refractivity contribution in [1.29, 1.82) is 0 Å². The SMILES string of the molecule is CC(C)(C)C1(B2OC(C)(C)C(C)(C)O2)C=CC(c2ccccc2)=CC1. The molecule has 0 bridgehead atoms. The Balaban J connectivity index is 1.94. The normalized spacial score (nSPS) is 28.1. The van der Waals surface area contributed by atoms with Gasteiger partial charge in [-0.2, -0.15) is 0 Å². The van der Waals surface area contributed by atoms with E-state index in [0.717, 1.165) is 6.42 Å². The third-order valence-electron chi connectivity index (χ3n) is 6.40. The molecule has 3 heteroatoms. The highest BCUT2D eigenvalue weighted by molar-refractivity contribution is 6.51. The smallest absolute Gasteiger partial charge is 0.403 e. The minimum absolute atomic E-state index is 0.0172. The van der Waals surface area contributed by atoms with Gasteiger partial charge in [-0.05, 0) is 50.7 Å². The van der Waals surface area contributed by atoms with Crippen molar-refractivity contribution >= 4 is 12.7 Å². The van der Waals surface area contributed by atoms with E-state index in [1.807, 2.05) is 0 Å². The summed E-state index contributed by atoms with van der Waals surface area (Å²) in [5.41, 5.74) is 1.93. The van der Waals surface area contributed by atoms with E-state index in [0.29, 0.717) is 0 Å². The zero-order valence-electron chi connectivity index (χ0n) is 16.7. The lowest BCUT2D eigenvalue weighted by Gasteiger charge is -2.45. The number of allylic oxidation sites excluding steroid dienone is 4. The molecule has 0 radical (unpaired) electrons. The van der Waals surface area contributed by atoms with Crippen LogP contribution >= 0.6 is 0 Å². The highest BCUT2D eigenvalue weighted by atomic mass is 16.7. The molecule has 1 heterocycles. The lowest BCUT2D eigenvalue weighted by Crippen LogP contribution is -2.44. The van der Waals surface area contributed by atoms with Gasteiger partial charge in [-0.3, -0.25) is 0 Å². The Morgan fingerprint density at radius 1 is 0.920 bits per heavy atom. The molecule has 0 N–H and O–H groups in total. The summed E-state index contributed by atoms with van der Waals surface area (Å²) in [5.74, 6) is 0. The lowest BCUT2D eigenvalue weighted by molar-refractivity contribution is 0.00578. The molecular weight excluding hydrogens is 307 g/mol. The minimum atomic E-state index is -0.312. The van der Waals surface area contributed by atoms with Crippen LogP contribution in [-0.4, -0.2) is 18.3 Å². The van der Waals surface area contributed by atoms with Crippen LogP contribution in [-0.2, 0) is 9.31 Å². The van der Waals surface area contributed by atoms with Crippen molar-refractivity contribution in [3.63, 3.8) is 0 Å². The van der Waals surface area contributed by atoms with E-state index in [2.05, 4.69) is 97.0 Å². The van der Waals surface area contributed by atoms with Gasteiger partial charge in [0.15, 0.2) is 0 Å². The number of benzene rings is 1. The second-order valence-corrected chi connectivity index (χ2v) is 9.44. The summed E-state index contributed by atoms with van der Waals surface area (Å²) in [6, 6.07) is 10.6. The fraction of sp³-hybridized carbons (Fsp3) is 0.545. The third-order valence-corrected chi connectivity index (χ3v) is 6.40. The molecule has 1 saturated heterocycles. The van der Waals surface area contributed by atoms with Crippen molar-refractivity contribution in [1.82, 2.24) is 0 Å². The van der Waals surface area contributed by atoms with Gasteiger partial charge in [0, 0.05) is 5.31 Å². The van der Waals surface area contributed by atoms with Gasteiger partial charge < -0.3 is 9.31 Å².